The standard InChI is InChI=1S/C27H36O/c1-4-5-7-11-24-12-14-25(15-13-24)16-17-26-18-20-27(21-19-26)28-22-9-6-8-10-23(2)3/h12-15,18-21,23H,4-11,22H2,1-3H3. The molecule has 2 aromatic carbocycles. The largest absolute Gasteiger partial charge is 0.494 e. The summed E-state index contributed by atoms with van der Waals surface area (Å²) in [5.41, 5.74) is 3.50. The molecule has 0 spiro atoms. The van der Waals surface area contributed by atoms with Crippen LogP contribution in [0.25, 0.3) is 0 Å². The zero-order chi connectivity index (χ0) is 20.0. The Kier molecular flexibility index (Phi) is 10.3. The molecule has 28 heavy (non-hydrogen) atoms. The Balaban J connectivity index is 1.75. The van der Waals surface area contributed by atoms with Crippen LogP contribution >= 0.6 is 0 Å². The van der Waals surface area contributed by atoms with Crippen LogP contribution in [0.2, 0.25) is 0 Å². The molecular formula is C27H36O. The molecule has 0 saturated carbocycles. The van der Waals surface area contributed by atoms with Gasteiger partial charge in [0.25, 0.3) is 0 Å². The smallest absolute Gasteiger partial charge is 0.119 e. The van der Waals surface area contributed by atoms with E-state index in [4.69, 9.17) is 4.74 Å². The Morgan fingerprint density at radius 2 is 1.39 bits per heavy atom. The van der Waals surface area contributed by atoms with Crippen molar-refractivity contribution in [3.63, 3.8) is 0 Å². The molecule has 1 heteroatoms. The topological polar surface area (TPSA) is 9.23 Å². The number of rotatable bonds is 11. The van der Waals surface area contributed by atoms with Crippen LogP contribution in [0, 0.1) is 17.8 Å². The summed E-state index contributed by atoms with van der Waals surface area (Å²) in [5.74, 6) is 8.25. The normalized spacial score (nSPS) is 10.6. The Morgan fingerprint density at radius 1 is 0.750 bits per heavy atom. The van der Waals surface area contributed by atoms with E-state index in [0.29, 0.717) is 0 Å². The van der Waals surface area contributed by atoms with Crippen molar-refractivity contribution in [2.75, 3.05) is 6.61 Å². The molecule has 0 aliphatic rings. The van der Waals surface area contributed by atoms with E-state index in [9.17, 15) is 0 Å². The van der Waals surface area contributed by atoms with Gasteiger partial charge in [0.2, 0.25) is 0 Å². The fraction of sp³-hybridized carbons (Fsp3) is 0.481. The molecule has 0 fully saturated rings. The second kappa shape index (κ2) is 13.1. The number of benzene rings is 2. The first-order valence-corrected chi connectivity index (χ1v) is 11.0. The maximum atomic E-state index is 5.84. The Bertz CT molecular complexity index is 714. The summed E-state index contributed by atoms with van der Waals surface area (Å²) < 4.78 is 5.84. The fourth-order valence-electron chi connectivity index (χ4n) is 3.13. The van der Waals surface area contributed by atoms with Crippen LogP contribution in [0.1, 0.15) is 82.4 Å². The fourth-order valence-corrected chi connectivity index (χ4v) is 3.13. The summed E-state index contributed by atoms with van der Waals surface area (Å²) in [6.07, 6.45) is 10.0. The highest BCUT2D eigenvalue weighted by atomic mass is 16.5. The lowest BCUT2D eigenvalue weighted by Gasteiger charge is -2.07. The molecule has 0 aliphatic carbocycles. The van der Waals surface area contributed by atoms with Gasteiger partial charge in [-0.1, -0.05) is 76.8 Å². The maximum Gasteiger partial charge on any atom is 0.119 e. The number of unbranched alkanes of at least 4 members (excludes halogenated alkanes) is 4. The highest BCUT2D eigenvalue weighted by molar-refractivity contribution is 5.44. The van der Waals surface area contributed by atoms with Gasteiger partial charge in [-0.2, -0.15) is 0 Å². The number of ether oxygens (including phenoxy) is 1. The SMILES string of the molecule is CCCCCc1ccc(C#Cc2ccc(OCCCCCC(C)C)cc2)cc1. The molecule has 0 aromatic heterocycles. The van der Waals surface area contributed by atoms with Crippen molar-refractivity contribution < 1.29 is 4.74 Å². The average molecular weight is 377 g/mol. The van der Waals surface area contributed by atoms with Gasteiger partial charge in [-0.15, -0.1) is 0 Å². The van der Waals surface area contributed by atoms with Crippen molar-refractivity contribution in [1.82, 2.24) is 0 Å². The number of aryl methyl sites for hydroxylation is 1. The van der Waals surface area contributed by atoms with Crippen LogP contribution in [0.15, 0.2) is 48.5 Å². The van der Waals surface area contributed by atoms with Gasteiger partial charge in [-0.3, -0.25) is 0 Å². The zero-order valence-electron chi connectivity index (χ0n) is 18.0. The first kappa shape index (κ1) is 22.1. The maximum absolute atomic E-state index is 5.84. The predicted molar refractivity (Wildman–Crippen MR) is 121 cm³/mol. The third kappa shape index (κ3) is 9.14. The van der Waals surface area contributed by atoms with Gasteiger partial charge in [-0.25, -0.2) is 0 Å². The van der Waals surface area contributed by atoms with Crippen molar-refractivity contribution in [3.05, 3.63) is 65.2 Å². The first-order chi connectivity index (χ1) is 13.7. The summed E-state index contributed by atoms with van der Waals surface area (Å²) >= 11 is 0. The molecule has 0 aliphatic heterocycles. The van der Waals surface area contributed by atoms with Gasteiger partial charge in [-0.05, 0) is 67.1 Å². The van der Waals surface area contributed by atoms with Crippen LogP contribution in [0.3, 0.4) is 0 Å². The van der Waals surface area contributed by atoms with Crippen molar-refractivity contribution in [2.24, 2.45) is 5.92 Å². The first-order valence-electron chi connectivity index (χ1n) is 11.0. The van der Waals surface area contributed by atoms with E-state index in [2.05, 4.69) is 56.9 Å². The molecular weight excluding hydrogens is 340 g/mol. The molecule has 2 rings (SSSR count). The van der Waals surface area contributed by atoms with Crippen molar-refractivity contribution in [2.45, 2.75) is 72.1 Å². The molecule has 0 radical (unpaired) electrons. The summed E-state index contributed by atoms with van der Waals surface area (Å²) in [5, 5.41) is 0. The Hall–Kier alpha value is -2.20. The zero-order valence-corrected chi connectivity index (χ0v) is 18.0. The van der Waals surface area contributed by atoms with Crippen molar-refractivity contribution in [3.8, 4) is 17.6 Å². The van der Waals surface area contributed by atoms with Crippen LogP contribution in [-0.2, 0) is 6.42 Å². The van der Waals surface area contributed by atoms with E-state index in [1.54, 1.807) is 0 Å². The second-order valence-corrected chi connectivity index (χ2v) is 8.02. The number of hydrogen-bond acceptors (Lipinski definition) is 1. The van der Waals surface area contributed by atoms with Crippen LogP contribution < -0.4 is 4.74 Å². The minimum Gasteiger partial charge on any atom is -0.494 e. The van der Waals surface area contributed by atoms with E-state index >= 15 is 0 Å². The summed E-state index contributed by atoms with van der Waals surface area (Å²) in [7, 11) is 0. The summed E-state index contributed by atoms with van der Waals surface area (Å²) in [4.78, 5) is 0. The summed E-state index contributed by atoms with van der Waals surface area (Å²) in [6.45, 7) is 7.61. The van der Waals surface area contributed by atoms with E-state index in [1.807, 2.05) is 24.3 Å². The van der Waals surface area contributed by atoms with Gasteiger partial charge in [0.1, 0.15) is 5.75 Å². The van der Waals surface area contributed by atoms with E-state index in [-0.39, 0.29) is 0 Å². The van der Waals surface area contributed by atoms with Crippen LogP contribution in [0.5, 0.6) is 5.75 Å². The van der Waals surface area contributed by atoms with Crippen LogP contribution in [0.4, 0.5) is 0 Å². The monoisotopic (exact) mass is 376 g/mol. The average Bonchev–Trinajstić information content (AvgIpc) is 2.71. The van der Waals surface area contributed by atoms with E-state index in [1.165, 1.54) is 50.5 Å². The molecule has 0 amide bonds. The molecule has 0 unspecified atom stereocenters. The van der Waals surface area contributed by atoms with Crippen molar-refractivity contribution in [1.29, 1.82) is 0 Å². The lowest BCUT2D eigenvalue weighted by Crippen LogP contribution is -1.97. The molecule has 0 N–H and O–H groups in total. The van der Waals surface area contributed by atoms with Crippen LogP contribution in [-0.4, -0.2) is 6.61 Å². The molecule has 150 valence electrons. The molecule has 2 aromatic rings. The minimum atomic E-state index is 0.799. The lowest BCUT2D eigenvalue weighted by molar-refractivity contribution is 0.303. The second-order valence-electron chi connectivity index (χ2n) is 8.02. The number of hydrogen-bond donors (Lipinski definition) is 0. The third-order valence-corrected chi connectivity index (χ3v) is 4.92. The highest BCUT2D eigenvalue weighted by Gasteiger charge is 1.97. The molecule has 0 saturated heterocycles. The molecule has 0 atom stereocenters. The van der Waals surface area contributed by atoms with Gasteiger partial charge in [0.15, 0.2) is 0 Å². The third-order valence-electron chi connectivity index (χ3n) is 4.92. The molecule has 1 nitrogen and oxygen atoms in total. The Morgan fingerprint density at radius 3 is 2.00 bits per heavy atom. The van der Waals surface area contributed by atoms with Gasteiger partial charge < -0.3 is 4.74 Å². The quantitative estimate of drug-likeness (QED) is 0.293. The van der Waals surface area contributed by atoms with Gasteiger partial charge >= 0.3 is 0 Å². The molecule has 0 heterocycles. The van der Waals surface area contributed by atoms with Gasteiger partial charge in [0.05, 0.1) is 6.61 Å². The van der Waals surface area contributed by atoms with Crippen molar-refractivity contribution >= 4 is 0 Å². The lowest BCUT2D eigenvalue weighted by atomic mass is 10.1. The van der Waals surface area contributed by atoms with E-state index in [0.717, 1.165) is 35.8 Å². The van der Waals surface area contributed by atoms with Gasteiger partial charge in [0, 0.05) is 11.1 Å². The predicted octanol–water partition coefficient (Wildman–Crippen LogP) is 7.41. The summed E-state index contributed by atoms with van der Waals surface area (Å²) in [6, 6.07) is 16.8. The van der Waals surface area contributed by atoms with E-state index < -0.39 is 0 Å². The Labute approximate surface area is 172 Å². The highest BCUT2D eigenvalue weighted by Crippen LogP contribution is 2.14. The minimum absolute atomic E-state index is 0.799. The molecule has 0 bridgehead atoms.